The molecule has 0 aromatic carbocycles. The minimum absolute atomic E-state index is 0.902. The molecule has 0 saturated heterocycles. The lowest BCUT2D eigenvalue weighted by Crippen LogP contribution is -2.16. The van der Waals surface area contributed by atoms with Gasteiger partial charge in [-0.15, -0.1) is 11.5 Å². The molecule has 0 aliphatic rings. The molecule has 0 nitrogen and oxygen atoms in total. The molecule has 0 N–H and O–H groups in total. The first kappa shape index (κ1) is 13.0. The van der Waals surface area contributed by atoms with E-state index >= 15 is 0 Å². The van der Waals surface area contributed by atoms with E-state index in [-0.39, 0.29) is 0 Å². The molecule has 2 heteroatoms. The van der Waals surface area contributed by atoms with E-state index in [1.165, 1.54) is 0 Å². The van der Waals surface area contributed by atoms with Gasteiger partial charge in [0.1, 0.15) is 8.07 Å². The van der Waals surface area contributed by atoms with E-state index < -0.39 is 8.07 Å². The molecule has 0 atom stereocenters. The van der Waals surface area contributed by atoms with Crippen LogP contribution < -0.4 is 0 Å². The van der Waals surface area contributed by atoms with Crippen molar-refractivity contribution in [3.63, 3.8) is 0 Å². The van der Waals surface area contributed by atoms with Crippen LogP contribution in [0.3, 0.4) is 0 Å². The number of allylic oxidation sites excluding steroid dienone is 3. The predicted octanol–water partition coefficient (Wildman–Crippen LogP) is 4.15. The Morgan fingerprint density at radius 3 is 2.38 bits per heavy atom. The van der Waals surface area contributed by atoms with Crippen molar-refractivity contribution in [2.45, 2.75) is 32.5 Å². The van der Waals surface area contributed by atoms with Crippen LogP contribution in [0, 0.1) is 11.5 Å². The van der Waals surface area contributed by atoms with E-state index in [4.69, 9.17) is 0 Å². The molecule has 0 spiro atoms. The fraction of sp³-hybridized carbons (Fsp3) is 0.455. The number of rotatable bonds is 3. The van der Waals surface area contributed by atoms with E-state index in [1.807, 2.05) is 4.08 Å². The normalized spacial score (nSPS) is 12.0. The van der Waals surface area contributed by atoms with Gasteiger partial charge in [-0.3, -0.25) is 0 Å². The quantitative estimate of drug-likeness (QED) is 0.318. The van der Waals surface area contributed by atoms with E-state index in [0.717, 1.165) is 12.8 Å². The summed E-state index contributed by atoms with van der Waals surface area (Å²) in [4.78, 5) is 0. The monoisotopic (exact) mass is 304 g/mol. The van der Waals surface area contributed by atoms with E-state index in [0.29, 0.717) is 0 Å². The molecule has 0 rings (SSSR count). The summed E-state index contributed by atoms with van der Waals surface area (Å²) in [7, 11) is -1.14. The molecule has 0 unspecified atom stereocenters. The average Bonchev–Trinajstić information content (AvgIpc) is 2.01. The minimum Gasteiger partial charge on any atom is -0.132 e. The van der Waals surface area contributed by atoms with Crippen molar-refractivity contribution in [1.29, 1.82) is 0 Å². The van der Waals surface area contributed by atoms with Crippen molar-refractivity contribution in [2.24, 2.45) is 0 Å². The molecular formula is C11H17ISi. The molecule has 0 amide bonds. The zero-order valence-electron chi connectivity index (χ0n) is 8.60. The van der Waals surface area contributed by atoms with Crippen molar-refractivity contribution in [1.82, 2.24) is 0 Å². The summed E-state index contributed by atoms with van der Waals surface area (Å²) in [6.45, 7) is 6.80. The fourth-order valence-corrected chi connectivity index (χ4v) is 1.61. The van der Waals surface area contributed by atoms with Gasteiger partial charge in [-0.05, 0) is 10.5 Å². The molecular weight excluding hydrogens is 287 g/mol. The molecule has 0 bridgehead atoms. The van der Waals surface area contributed by atoms with Crippen molar-refractivity contribution in [2.75, 3.05) is 0 Å². The van der Waals surface area contributed by atoms with E-state index in [9.17, 15) is 0 Å². The van der Waals surface area contributed by atoms with Crippen LogP contribution in [0.15, 0.2) is 22.3 Å². The highest BCUT2D eigenvalue weighted by Crippen LogP contribution is 1.97. The first-order chi connectivity index (χ1) is 6.06. The van der Waals surface area contributed by atoms with Gasteiger partial charge < -0.3 is 0 Å². The third-order valence-corrected chi connectivity index (χ3v) is 2.65. The summed E-state index contributed by atoms with van der Waals surface area (Å²) in [5, 5.41) is 0. The SMILES string of the molecule is C[Si](C)(C)C#CC/C=C\C/C=C/I. The maximum Gasteiger partial charge on any atom is 0.129 e. The van der Waals surface area contributed by atoms with Crippen LogP contribution in [0.25, 0.3) is 0 Å². The second-order valence-corrected chi connectivity index (χ2v) is 9.29. The Balaban J connectivity index is 3.65. The van der Waals surface area contributed by atoms with Gasteiger partial charge in [0.15, 0.2) is 0 Å². The topological polar surface area (TPSA) is 0 Å². The molecule has 0 aromatic heterocycles. The van der Waals surface area contributed by atoms with Crippen molar-refractivity contribution >= 4 is 30.7 Å². The predicted molar refractivity (Wildman–Crippen MR) is 72.7 cm³/mol. The standard InChI is InChI=1S/C11H17ISi/c1-13(2,3)11-9-7-5-4-6-8-10-12/h4-5,8,10H,6-7H2,1-3H3/b5-4-,10-8+. The van der Waals surface area contributed by atoms with Crippen LogP contribution in [0.4, 0.5) is 0 Å². The maximum absolute atomic E-state index is 3.33. The summed E-state index contributed by atoms with van der Waals surface area (Å²) < 4.78 is 2.04. The van der Waals surface area contributed by atoms with Crippen LogP contribution in [-0.2, 0) is 0 Å². The Kier molecular flexibility index (Phi) is 7.39. The number of halogens is 1. The van der Waals surface area contributed by atoms with Crippen LogP contribution >= 0.6 is 22.6 Å². The Labute approximate surface area is 96.7 Å². The third-order valence-electron chi connectivity index (χ3n) is 1.21. The van der Waals surface area contributed by atoms with Gasteiger partial charge in [0, 0.05) is 6.42 Å². The zero-order valence-corrected chi connectivity index (χ0v) is 11.8. The maximum atomic E-state index is 3.33. The summed E-state index contributed by atoms with van der Waals surface area (Å²) in [5.41, 5.74) is 3.33. The van der Waals surface area contributed by atoms with Crippen LogP contribution in [0.1, 0.15) is 12.8 Å². The first-order valence-corrected chi connectivity index (χ1v) is 9.21. The Morgan fingerprint density at radius 2 is 1.85 bits per heavy atom. The molecule has 0 fully saturated rings. The number of hydrogen-bond acceptors (Lipinski definition) is 0. The molecule has 13 heavy (non-hydrogen) atoms. The second-order valence-electron chi connectivity index (χ2n) is 3.82. The lowest BCUT2D eigenvalue weighted by atomic mass is 10.3. The van der Waals surface area contributed by atoms with Gasteiger partial charge in [0.2, 0.25) is 0 Å². The lowest BCUT2D eigenvalue weighted by Gasteiger charge is -2.02. The Morgan fingerprint density at radius 1 is 1.15 bits per heavy atom. The van der Waals surface area contributed by atoms with Crippen LogP contribution in [0.2, 0.25) is 19.6 Å². The van der Waals surface area contributed by atoms with Crippen LogP contribution in [-0.4, -0.2) is 8.07 Å². The zero-order chi connectivity index (χ0) is 10.2. The first-order valence-electron chi connectivity index (χ1n) is 4.46. The van der Waals surface area contributed by atoms with Gasteiger partial charge in [0.05, 0.1) is 0 Å². The Hall–Kier alpha value is -0.0131. The van der Waals surface area contributed by atoms with Gasteiger partial charge >= 0.3 is 0 Å². The van der Waals surface area contributed by atoms with Crippen LogP contribution in [0.5, 0.6) is 0 Å². The molecule has 0 saturated carbocycles. The molecule has 0 heterocycles. The highest BCUT2D eigenvalue weighted by atomic mass is 127. The van der Waals surface area contributed by atoms with Crippen molar-refractivity contribution in [3.05, 3.63) is 22.3 Å². The third kappa shape index (κ3) is 12.0. The summed E-state index contributed by atoms with van der Waals surface area (Å²) in [5.74, 6) is 3.20. The molecule has 0 aliphatic heterocycles. The number of hydrogen-bond donors (Lipinski definition) is 0. The van der Waals surface area contributed by atoms with E-state index in [2.05, 4.69) is 71.9 Å². The fourth-order valence-electron chi connectivity index (χ4n) is 0.685. The van der Waals surface area contributed by atoms with Gasteiger partial charge in [-0.25, -0.2) is 0 Å². The smallest absolute Gasteiger partial charge is 0.129 e. The molecule has 0 aromatic rings. The minimum atomic E-state index is -1.14. The van der Waals surface area contributed by atoms with Gasteiger partial charge in [-0.2, -0.15) is 0 Å². The lowest BCUT2D eigenvalue weighted by molar-refractivity contribution is 1.34. The highest BCUT2D eigenvalue weighted by molar-refractivity contribution is 14.1. The largest absolute Gasteiger partial charge is 0.132 e. The summed E-state index contributed by atoms with van der Waals surface area (Å²) >= 11 is 2.23. The van der Waals surface area contributed by atoms with E-state index in [1.54, 1.807) is 0 Å². The summed E-state index contributed by atoms with van der Waals surface area (Å²) in [6.07, 6.45) is 8.36. The Bertz CT molecular complexity index is 235. The summed E-state index contributed by atoms with van der Waals surface area (Å²) in [6, 6.07) is 0. The average molecular weight is 304 g/mol. The molecule has 0 aliphatic carbocycles. The molecule has 0 radical (unpaired) electrons. The van der Waals surface area contributed by atoms with Crippen molar-refractivity contribution in [3.8, 4) is 11.5 Å². The van der Waals surface area contributed by atoms with Gasteiger partial charge in [-0.1, -0.05) is 60.5 Å². The highest BCUT2D eigenvalue weighted by Gasteiger charge is 2.06. The second kappa shape index (κ2) is 7.40. The van der Waals surface area contributed by atoms with Crippen molar-refractivity contribution < 1.29 is 0 Å². The van der Waals surface area contributed by atoms with Gasteiger partial charge in [0.25, 0.3) is 0 Å². The molecule has 72 valence electrons.